The zero-order chi connectivity index (χ0) is 19.4. The van der Waals surface area contributed by atoms with Gasteiger partial charge in [-0.2, -0.15) is 0 Å². The molecule has 7 nitrogen and oxygen atoms in total. The third-order valence-electron chi connectivity index (χ3n) is 4.07. The molecule has 1 fully saturated rings. The number of para-hydroxylation sites is 2. The Morgan fingerprint density at radius 1 is 1.11 bits per heavy atom. The fourth-order valence-electron chi connectivity index (χ4n) is 2.75. The van der Waals surface area contributed by atoms with Crippen LogP contribution in [0.5, 0.6) is 11.5 Å². The van der Waals surface area contributed by atoms with E-state index in [1.165, 1.54) is 17.7 Å². The average molecular weight is 390 g/mol. The van der Waals surface area contributed by atoms with Crippen LogP contribution in [0.1, 0.15) is 12.8 Å². The Labute approximate surface area is 158 Å². The molecule has 0 radical (unpaired) electrons. The lowest BCUT2D eigenvalue weighted by Gasteiger charge is -2.22. The number of carbonyl (C=O) groups excluding carboxylic acids is 1. The van der Waals surface area contributed by atoms with Gasteiger partial charge in [-0.1, -0.05) is 12.1 Å². The van der Waals surface area contributed by atoms with Gasteiger partial charge in [-0.05, 0) is 49.2 Å². The van der Waals surface area contributed by atoms with Crippen LogP contribution in [0.3, 0.4) is 0 Å². The number of rotatable bonds is 8. The van der Waals surface area contributed by atoms with E-state index in [-0.39, 0.29) is 18.6 Å². The molecule has 144 valence electrons. The number of methoxy groups -OCH3 is 1. The topological polar surface area (TPSA) is 84.9 Å². The van der Waals surface area contributed by atoms with E-state index in [0.717, 1.165) is 12.8 Å². The number of sulfonamides is 1. The van der Waals surface area contributed by atoms with Gasteiger partial charge in [0.2, 0.25) is 10.0 Å². The molecule has 1 aliphatic rings. The van der Waals surface area contributed by atoms with E-state index < -0.39 is 10.0 Å². The summed E-state index contributed by atoms with van der Waals surface area (Å²) in [5.74, 6) is 0.713. The van der Waals surface area contributed by atoms with Crippen molar-refractivity contribution in [2.75, 3.05) is 29.6 Å². The second kappa shape index (κ2) is 7.87. The summed E-state index contributed by atoms with van der Waals surface area (Å²) in [6, 6.07) is 13.9. The maximum atomic E-state index is 12.1. The minimum absolute atomic E-state index is 0.0368. The Bertz CT molecular complexity index is 908. The summed E-state index contributed by atoms with van der Waals surface area (Å²) in [6.45, 7) is -0.167. The summed E-state index contributed by atoms with van der Waals surface area (Å²) in [5, 5.41) is 2.73. The number of amides is 1. The van der Waals surface area contributed by atoms with Crippen LogP contribution >= 0.6 is 0 Å². The van der Waals surface area contributed by atoms with E-state index in [9.17, 15) is 13.2 Å². The maximum Gasteiger partial charge on any atom is 0.262 e. The predicted octanol–water partition coefficient (Wildman–Crippen LogP) is 2.64. The number of anilines is 2. The van der Waals surface area contributed by atoms with Crippen LogP contribution in [0.25, 0.3) is 0 Å². The molecule has 3 rings (SSSR count). The van der Waals surface area contributed by atoms with Gasteiger partial charge in [0.25, 0.3) is 5.91 Å². The van der Waals surface area contributed by atoms with Crippen LogP contribution in [-0.2, 0) is 14.8 Å². The molecule has 2 aromatic rings. The van der Waals surface area contributed by atoms with Gasteiger partial charge in [-0.15, -0.1) is 0 Å². The molecular formula is C19H22N2O5S. The molecule has 2 aromatic carbocycles. The number of hydrogen-bond acceptors (Lipinski definition) is 5. The third-order valence-corrected chi connectivity index (χ3v) is 5.29. The lowest BCUT2D eigenvalue weighted by Crippen LogP contribution is -2.31. The summed E-state index contributed by atoms with van der Waals surface area (Å²) in [6.07, 6.45) is 2.94. The molecule has 1 aliphatic carbocycles. The van der Waals surface area contributed by atoms with Crippen molar-refractivity contribution in [1.82, 2.24) is 0 Å². The first-order chi connectivity index (χ1) is 12.9. The van der Waals surface area contributed by atoms with Gasteiger partial charge < -0.3 is 14.8 Å². The average Bonchev–Trinajstić information content (AvgIpc) is 3.45. The molecule has 1 amide bonds. The van der Waals surface area contributed by atoms with E-state index in [0.29, 0.717) is 22.9 Å². The van der Waals surface area contributed by atoms with Crippen molar-refractivity contribution < 1.29 is 22.7 Å². The lowest BCUT2D eigenvalue weighted by molar-refractivity contribution is -0.118. The number of nitrogens with zero attached hydrogens (tertiary/aromatic N) is 1. The number of nitrogens with one attached hydrogen (secondary N) is 1. The summed E-state index contributed by atoms with van der Waals surface area (Å²) in [4.78, 5) is 12.1. The molecule has 8 heteroatoms. The van der Waals surface area contributed by atoms with Gasteiger partial charge in [0.15, 0.2) is 18.1 Å². The van der Waals surface area contributed by atoms with E-state index >= 15 is 0 Å². The van der Waals surface area contributed by atoms with Crippen molar-refractivity contribution in [3.63, 3.8) is 0 Å². The number of carbonyl (C=O) groups is 1. The zero-order valence-electron chi connectivity index (χ0n) is 15.2. The Morgan fingerprint density at radius 2 is 1.74 bits per heavy atom. The monoisotopic (exact) mass is 390 g/mol. The van der Waals surface area contributed by atoms with Crippen LogP contribution in [0, 0.1) is 0 Å². The molecule has 27 heavy (non-hydrogen) atoms. The van der Waals surface area contributed by atoms with Crippen LogP contribution in [0.15, 0.2) is 48.5 Å². The van der Waals surface area contributed by atoms with Crippen LogP contribution < -0.4 is 19.1 Å². The van der Waals surface area contributed by atoms with Gasteiger partial charge in [-0.25, -0.2) is 8.42 Å². The predicted molar refractivity (Wildman–Crippen MR) is 104 cm³/mol. The van der Waals surface area contributed by atoms with Crippen LogP contribution in [0.4, 0.5) is 11.4 Å². The first-order valence-electron chi connectivity index (χ1n) is 8.53. The zero-order valence-corrected chi connectivity index (χ0v) is 16.0. The van der Waals surface area contributed by atoms with E-state index in [1.54, 1.807) is 42.5 Å². The van der Waals surface area contributed by atoms with Crippen molar-refractivity contribution >= 4 is 27.3 Å². The molecule has 1 saturated carbocycles. The van der Waals surface area contributed by atoms with Gasteiger partial charge in [-0.3, -0.25) is 9.10 Å². The summed E-state index contributed by atoms with van der Waals surface area (Å²) in [7, 11) is -1.79. The first kappa shape index (κ1) is 19.0. The highest BCUT2D eigenvalue weighted by Crippen LogP contribution is 2.34. The fourth-order valence-corrected chi connectivity index (χ4v) is 4.01. The molecule has 1 N–H and O–H groups in total. The first-order valence-corrected chi connectivity index (χ1v) is 10.4. The molecule has 0 heterocycles. The minimum Gasteiger partial charge on any atom is -0.493 e. The highest BCUT2D eigenvalue weighted by molar-refractivity contribution is 7.92. The maximum absolute atomic E-state index is 12.1. The largest absolute Gasteiger partial charge is 0.493 e. The SMILES string of the molecule is COc1ccccc1OCC(=O)Nc1ccc(N(C2CC2)S(C)(=O)=O)cc1. The van der Waals surface area contributed by atoms with Gasteiger partial charge in [0, 0.05) is 11.7 Å². The molecule has 0 unspecified atom stereocenters. The minimum atomic E-state index is -3.32. The van der Waals surface area contributed by atoms with Crippen molar-refractivity contribution in [2.45, 2.75) is 18.9 Å². The van der Waals surface area contributed by atoms with E-state index in [1.807, 2.05) is 6.07 Å². The third kappa shape index (κ3) is 4.91. The van der Waals surface area contributed by atoms with Crippen molar-refractivity contribution in [1.29, 1.82) is 0 Å². The molecule has 0 spiro atoms. The van der Waals surface area contributed by atoms with Gasteiger partial charge >= 0.3 is 0 Å². The molecular weight excluding hydrogens is 368 g/mol. The number of hydrogen-bond donors (Lipinski definition) is 1. The Hall–Kier alpha value is -2.74. The number of ether oxygens (including phenoxy) is 2. The Balaban J connectivity index is 1.60. The van der Waals surface area contributed by atoms with E-state index in [2.05, 4.69) is 5.32 Å². The summed E-state index contributed by atoms with van der Waals surface area (Å²) < 4.78 is 36.0. The van der Waals surface area contributed by atoms with Crippen molar-refractivity contribution in [3.05, 3.63) is 48.5 Å². The highest BCUT2D eigenvalue weighted by atomic mass is 32.2. The summed E-state index contributed by atoms with van der Waals surface area (Å²) in [5.41, 5.74) is 1.17. The Morgan fingerprint density at radius 3 is 2.30 bits per heavy atom. The molecule has 0 aliphatic heterocycles. The van der Waals surface area contributed by atoms with E-state index in [4.69, 9.17) is 9.47 Å². The normalized spacial score (nSPS) is 13.7. The highest BCUT2D eigenvalue weighted by Gasteiger charge is 2.35. The van der Waals surface area contributed by atoms with Crippen LogP contribution in [0.2, 0.25) is 0 Å². The fraction of sp³-hybridized carbons (Fsp3) is 0.316. The second-order valence-corrected chi connectivity index (χ2v) is 8.18. The van der Waals surface area contributed by atoms with Gasteiger partial charge in [0.1, 0.15) is 0 Å². The van der Waals surface area contributed by atoms with Gasteiger partial charge in [0.05, 0.1) is 19.1 Å². The molecule has 0 bridgehead atoms. The van der Waals surface area contributed by atoms with Crippen molar-refractivity contribution in [2.24, 2.45) is 0 Å². The molecule has 0 aromatic heterocycles. The quantitative estimate of drug-likeness (QED) is 0.749. The molecule has 0 saturated heterocycles. The molecule has 0 atom stereocenters. The van der Waals surface area contributed by atoms with Crippen LogP contribution in [-0.4, -0.2) is 40.3 Å². The standard InChI is InChI=1S/C19H22N2O5S/c1-25-17-5-3-4-6-18(17)26-13-19(22)20-14-7-9-15(10-8-14)21(16-11-12-16)27(2,23)24/h3-10,16H,11-13H2,1-2H3,(H,20,22). The summed E-state index contributed by atoms with van der Waals surface area (Å²) >= 11 is 0. The smallest absolute Gasteiger partial charge is 0.262 e. The van der Waals surface area contributed by atoms with Crippen molar-refractivity contribution in [3.8, 4) is 11.5 Å². The second-order valence-electron chi connectivity index (χ2n) is 6.32. The number of benzene rings is 2. The lowest BCUT2D eigenvalue weighted by atomic mass is 10.2. The Kier molecular flexibility index (Phi) is 5.55.